The fraction of sp³-hybridized carbons (Fsp3) is 0.538. The largest absolute Gasteiger partial charge is 0.492 e. The molecule has 90 valence electrons. The number of ether oxygens (including phenoxy) is 1. The lowest BCUT2D eigenvalue weighted by Gasteiger charge is -2.28. The smallest absolute Gasteiger partial charge is 0.133 e. The molecule has 1 unspecified atom stereocenters. The fourth-order valence-corrected chi connectivity index (χ4v) is 1.73. The van der Waals surface area contributed by atoms with E-state index < -0.39 is 0 Å². The zero-order chi connectivity index (χ0) is 12.2. The summed E-state index contributed by atoms with van der Waals surface area (Å²) in [6.07, 6.45) is 0. The molecule has 0 saturated carbocycles. The Kier molecular flexibility index (Phi) is 4.81. The van der Waals surface area contributed by atoms with Crippen LogP contribution in [0, 0.1) is 11.3 Å². The van der Waals surface area contributed by atoms with Gasteiger partial charge in [0.2, 0.25) is 0 Å². The second-order valence-corrected chi connectivity index (χ2v) is 5.84. The summed E-state index contributed by atoms with van der Waals surface area (Å²) >= 11 is 3.43. The first-order valence-electron chi connectivity index (χ1n) is 5.43. The van der Waals surface area contributed by atoms with Crippen LogP contribution in [0.25, 0.3) is 0 Å². The van der Waals surface area contributed by atoms with Crippen molar-refractivity contribution in [3.63, 3.8) is 0 Å². The molecule has 0 bridgehead atoms. The zero-order valence-corrected chi connectivity index (χ0v) is 11.6. The maximum atomic E-state index is 9.32. The van der Waals surface area contributed by atoms with Crippen LogP contribution >= 0.6 is 15.9 Å². The Labute approximate surface area is 106 Å². The van der Waals surface area contributed by atoms with Crippen molar-refractivity contribution in [2.45, 2.75) is 20.8 Å². The number of halogens is 1. The highest BCUT2D eigenvalue weighted by molar-refractivity contribution is 9.10. The number of rotatable bonds is 4. The molecule has 0 aliphatic carbocycles. The Balaban J connectivity index is 2.60. The molecule has 16 heavy (non-hydrogen) atoms. The van der Waals surface area contributed by atoms with Crippen molar-refractivity contribution in [1.82, 2.24) is 0 Å². The summed E-state index contributed by atoms with van der Waals surface area (Å²) in [5, 5.41) is 9.32. The van der Waals surface area contributed by atoms with Gasteiger partial charge >= 0.3 is 0 Å². The Hall–Kier alpha value is -0.540. The van der Waals surface area contributed by atoms with Gasteiger partial charge in [0.25, 0.3) is 0 Å². The van der Waals surface area contributed by atoms with Crippen LogP contribution < -0.4 is 4.74 Å². The fourth-order valence-electron chi connectivity index (χ4n) is 1.33. The minimum atomic E-state index is 0.0516. The van der Waals surface area contributed by atoms with Gasteiger partial charge in [0.05, 0.1) is 11.1 Å². The quantitative estimate of drug-likeness (QED) is 0.918. The lowest BCUT2D eigenvalue weighted by atomic mass is 9.82. The van der Waals surface area contributed by atoms with Crippen molar-refractivity contribution >= 4 is 15.9 Å². The van der Waals surface area contributed by atoms with Gasteiger partial charge in [0.15, 0.2) is 0 Å². The number of hydrogen-bond donors (Lipinski definition) is 1. The van der Waals surface area contributed by atoms with Crippen LogP contribution in [0.15, 0.2) is 28.7 Å². The normalized spacial score (nSPS) is 13.6. The highest BCUT2D eigenvalue weighted by atomic mass is 79.9. The molecule has 1 N–H and O–H groups in total. The van der Waals surface area contributed by atoms with Gasteiger partial charge in [-0.1, -0.05) is 32.9 Å². The second-order valence-electron chi connectivity index (χ2n) is 4.99. The minimum Gasteiger partial charge on any atom is -0.492 e. The summed E-state index contributed by atoms with van der Waals surface area (Å²) in [7, 11) is 0. The number of benzene rings is 1. The van der Waals surface area contributed by atoms with E-state index in [2.05, 4.69) is 36.7 Å². The topological polar surface area (TPSA) is 29.5 Å². The van der Waals surface area contributed by atoms with Crippen LogP contribution in [-0.2, 0) is 0 Å². The van der Waals surface area contributed by atoms with Crippen molar-refractivity contribution in [3.05, 3.63) is 28.7 Å². The van der Waals surface area contributed by atoms with E-state index in [1.165, 1.54) is 0 Å². The van der Waals surface area contributed by atoms with Crippen LogP contribution in [0.3, 0.4) is 0 Å². The SMILES string of the molecule is CC(C)(C)C(CO)COc1ccccc1Br. The van der Waals surface area contributed by atoms with Crippen molar-refractivity contribution in [1.29, 1.82) is 0 Å². The van der Waals surface area contributed by atoms with Crippen molar-refractivity contribution < 1.29 is 9.84 Å². The van der Waals surface area contributed by atoms with Gasteiger partial charge in [0, 0.05) is 12.5 Å². The van der Waals surface area contributed by atoms with E-state index in [0.29, 0.717) is 6.61 Å². The van der Waals surface area contributed by atoms with E-state index in [0.717, 1.165) is 10.2 Å². The standard InChI is InChI=1S/C13H19BrO2/c1-13(2,3)10(8-15)9-16-12-7-5-4-6-11(12)14/h4-7,10,15H,8-9H2,1-3H3. The molecule has 0 aliphatic rings. The molecule has 2 nitrogen and oxygen atoms in total. The Morgan fingerprint density at radius 1 is 1.31 bits per heavy atom. The number of hydrogen-bond acceptors (Lipinski definition) is 2. The third-order valence-electron chi connectivity index (χ3n) is 2.72. The van der Waals surface area contributed by atoms with E-state index in [-0.39, 0.29) is 17.9 Å². The van der Waals surface area contributed by atoms with Gasteiger partial charge in [-0.3, -0.25) is 0 Å². The molecule has 1 rings (SSSR count). The van der Waals surface area contributed by atoms with Crippen molar-refractivity contribution in [3.8, 4) is 5.75 Å². The van der Waals surface area contributed by atoms with Gasteiger partial charge in [-0.25, -0.2) is 0 Å². The maximum Gasteiger partial charge on any atom is 0.133 e. The predicted octanol–water partition coefficient (Wildman–Crippen LogP) is 3.48. The van der Waals surface area contributed by atoms with E-state index in [1.807, 2.05) is 24.3 Å². The third kappa shape index (κ3) is 3.80. The molecular weight excluding hydrogens is 268 g/mol. The minimum absolute atomic E-state index is 0.0516. The molecule has 0 aliphatic heterocycles. The van der Waals surface area contributed by atoms with Crippen LogP contribution in [-0.4, -0.2) is 18.3 Å². The molecule has 0 spiro atoms. The Morgan fingerprint density at radius 3 is 2.44 bits per heavy atom. The molecule has 1 aromatic carbocycles. The number of aliphatic hydroxyl groups excluding tert-OH is 1. The van der Waals surface area contributed by atoms with Crippen LogP contribution in [0.5, 0.6) is 5.75 Å². The molecule has 0 radical (unpaired) electrons. The van der Waals surface area contributed by atoms with Crippen LogP contribution in [0.1, 0.15) is 20.8 Å². The lowest BCUT2D eigenvalue weighted by molar-refractivity contribution is 0.0815. The Morgan fingerprint density at radius 2 is 1.94 bits per heavy atom. The summed E-state index contributed by atoms with van der Waals surface area (Å²) in [6, 6.07) is 7.75. The summed E-state index contributed by atoms with van der Waals surface area (Å²) in [6.45, 7) is 7.00. The monoisotopic (exact) mass is 286 g/mol. The van der Waals surface area contributed by atoms with Gasteiger partial charge in [-0.2, -0.15) is 0 Å². The van der Waals surface area contributed by atoms with Gasteiger partial charge < -0.3 is 9.84 Å². The molecule has 0 aromatic heterocycles. The molecule has 0 fully saturated rings. The number of para-hydroxylation sites is 1. The molecule has 3 heteroatoms. The predicted molar refractivity (Wildman–Crippen MR) is 69.7 cm³/mol. The number of aliphatic hydroxyl groups is 1. The first-order valence-corrected chi connectivity index (χ1v) is 6.22. The van der Waals surface area contributed by atoms with Crippen LogP contribution in [0.2, 0.25) is 0 Å². The second kappa shape index (κ2) is 5.69. The van der Waals surface area contributed by atoms with Gasteiger partial charge in [-0.05, 0) is 33.5 Å². The maximum absolute atomic E-state index is 9.32. The molecular formula is C13H19BrO2. The highest BCUT2D eigenvalue weighted by Gasteiger charge is 2.24. The average molecular weight is 287 g/mol. The van der Waals surface area contributed by atoms with E-state index in [4.69, 9.17) is 4.74 Å². The average Bonchev–Trinajstić information content (AvgIpc) is 2.19. The lowest BCUT2D eigenvalue weighted by Crippen LogP contribution is -2.29. The molecule has 0 heterocycles. The summed E-state index contributed by atoms with van der Waals surface area (Å²) < 4.78 is 6.65. The molecule has 1 aromatic rings. The van der Waals surface area contributed by atoms with Crippen molar-refractivity contribution in [2.75, 3.05) is 13.2 Å². The van der Waals surface area contributed by atoms with Gasteiger partial charge in [-0.15, -0.1) is 0 Å². The summed E-state index contributed by atoms with van der Waals surface area (Å²) in [5.41, 5.74) is 0.0516. The highest BCUT2D eigenvalue weighted by Crippen LogP contribution is 2.28. The third-order valence-corrected chi connectivity index (χ3v) is 3.38. The first kappa shape index (κ1) is 13.5. The van der Waals surface area contributed by atoms with E-state index in [9.17, 15) is 5.11 Å². The van der Waals surface area contributed by atoms with E-state index >= 15 is 0 Å². The molecule has 1 atom stereocenters. The summed E-state index contributed by atoms with van der Waals surface area (Å²) in [4.78, 5) is 0. The van der Waals surface area contributed by atoms with Crippen molar-refractivity contribution in [2.24, 2.45) is 11.3 Å². The summed E-state index contributed by atoms with van der Waals surface area (Å²) in [5.74, 6) is 0.963. The molecule has 0 saturated heterocycles. The van der Waals surface area contributed by atoms with E-state index in [1.54, 1.807) is 0 Å². The molecule has 0 amide bonds. The van der Waals surface area contributed by atoms with Gasteiger partial charge in [0.1, 0.15) is 5.75 Å². The van der Waals surface area contributed by atoms with Crippen LogP contribution in [0.4, 0.5) is 0 Å². The first-order chi connectivity index (χ1) is 7.45. The zero-order valence-electron chi connectivity index (χ0n) is 10.0. The Bertz CT molecular complexity index is 331.